The lowest BCUT2D eigenvalue weighted by Crippen LogP contribution is -2.18. The maximum Gasteiger partial charge on any atom is 0.341 e. The van der Waals surface area contributed by atoms with E-state index < -0.39 is 11.4 Å². The Morgan fingerprint density at radius 3 is 2.35 bits per heavy atom. The molecule has 0 spiro atoms. The van der Waals surface area contributed by atoms with Crippen LogP contribution in [0.3, 0.4) is 0 Å². The van der Waals surface area contributed by atoms with E-state index in [1.165, 1.54) is 12.3 Å². The number of hydrogen-bond acceptors (Lipinski definition) is 2. The molecule has 0 atom stereocenters. The molecule has 0 aliphatic carbocycles. The summed E-state index contributed by atoms with van der Waals surface area (Å²) >= 11 is 0. The summed E-state index contributed by atoms with van der Waals surface area (Å²) in [4.78, 5) is 23.1. The molecule has 3 aromatic rings. The molecule has 0 radical (unpaired) electrons. The van der Waals surface area contributed by atoms with E-state index in [1.54, 1.807) is 4.57 Å². The second-order valence-electron chi connectivity index (χ2n) is 5.16. The number of pyridine rings is 1. The van der Waals surface area contributed by atoms with E-state index in [9.17, 15) is 9.59 Å². The minimum atomic E-state index is -1.20. The summed E-state index contributed by atoms with van der Waals surface area (Å²) in [6.45, 7) is 2.49. The molecule has 0 amide bonds. The van der Waals surface area contributed by atoms with Crippen molar-refractivity contribution < 1.29 is 9.90 Å². The molecule has 2 aromatic heterocycles. The normalized spacial score (nSPS) is 10.7. The van der Waals surface area contributed by atoms with Gasteiger partial charge in [-0.2, -0.15) is 0 Å². The van der Waals surface area contributed by atoms with Gasteiger partial charge in [-0.05, 0) is 36.8 Å². The van der Waals surface area contributed by atoms with Gasteiger partial charge in [0.1, 0.15) is 5.56 Å². The fourth-order valence-corrected chi connectivity index (χ4v) is 2.56. The SMILES string of the molecule is CCn1cc(C(=O)O)c(=O)cc1-c1ccc(-n2cccc2)cc1. The third-order valence-corrected chi connectivity index (χ3v) is 3.76. The van der Waals surface area contributed by atoms with Crippen molar-refractivity contribution >= 4 is 5.97 Å². The Labute approximate surface area is 133 Å². The summed E-state index contributed by atoms with van der Waals surface area (Å²) in [6, 6.07) is 13.1. The van der Waals surface area contributed by atoms with Crippen LogP contribution in [0.15, 0.2) is 65.8 Å². The molecule has 0 fully saturated rings. The topological polar surface area (TPSA) is 64.2 Å². The van der Waals surface area contributed by atoms with Gasteiger partial charge >= 0.3 is 5.97 Å². The molecule has 0 aliphatic rings. The maximum absolute atomic E-state index is 12.0. The van der Waals surface area contributed by atoms with Gasteiger partial charge in [-0.25, -0.2) is 4.79 Å². The molecule has 0 unspecified atom stereocenters. The van der Waals surface area contributed by atoms with Crippen LogP contribution in [0.1, 0.15) is 17.3 Å². The zero-order chi connectivity index (χ0) is 16.4. The van der Waals surface area contributed by atoms with Gasteiger partial charge in [-0.3, -0.25) is 4.79 Å². The van der Waals surface area contributed by atoms with Gasteiger partial charge < -0.3 is 14.2 Å². The lowest BCUT2D eigenvalue weighted by atomic mass is 10.1. The second-order valence-corrected chi connectivity index (χ2v) is 5.16. The first kappa shape index (κ1) is 14.8. The van der Waals surface area contributed by atoms with Crippen LogP contribution in [0.2, 0.25) is 0 Å². The Bertz CT molecular complexity index is 891. The Hall–Kier alpha value is -3.08. The van der Waals surface area contributed by atoms with E-state index in [1.807, 2.05) is 60.3 Å². The number of hydrogen-bond donors (Lipinski definition) is 1. The van der Waals surface area contributed by atoms with Crippen molar-refractivity contribution in [3.05, 3.63) is 76.8 Å². The standard InChI is InChI=1S/C18H16N2O3/c1-2-19-12-15(18(22)23)17(21)11-16(19)13-5-7-14(8-6-13)20-9-3-4-10-20/h3-12H,2H2,1H3,(H,22,23). The molecule has 5 nitrogen and oxygen atoms in total. The first-order valence-electron chi connectivity index (χ1n) is 7.31. The molecule has 23 heavy (non-hydrogen) atoms. The minimum Gasteiger partial charge on any atom is -0.477 e. The molecular formula is C18H16N2O3. The highest BCUT2D eigenvalue weighted by Gasteiger charge is 2.13. The van der Waals surface area contributed by atoms with E-state index in [4.69, 9.17) is 5.11 Å². The molecule has 0 bridgehead atoms. The monoisotopic (exact) mass is 308 g/mol. The highest BCUT2D eigenvalue weighted by atomic mass is 16.4. The van der Waals surface area contributed by atoms with Gasteiger partial charge in [0.2, 0.25) is 0 Å². The van der Waals surface area contributed by atoms with Crippen molar-refractivity contribution in [3.63, 3.8) is 0 Å². The zero-order valence-electron chi connectivity index (χ0n) is 12.6. The third kappa shape index (κ3) is 2.81. The lowest BCUT2D eigenvalue weighted by Gasteiger charge is -2.13. The summed E-state index contributed by atoms with van der Waals surface area (Å²) in [6.07, 6.45) is 5.32. The molecular weight excluding hydrogens is 292 g/mol. The number of aromatic carboxylic acids is 1. The summed E-state index contributed by atoms with van der Waals surface area (Å²) in [5.74, 6) is -1.20. The van der Waals surface area contributed by atoms with Crippen LogP contribution in [-0.2, 0) is 6.54 Å². The van der Waals surface area contributed by atoms with Crippen LogP contribution in [0.4, 0.5) is 0 Å². The smallest absolute Gasteiger partial charge is 0.341 e. The fourth-order valence-electron chi connectivity index (χ4n) is 2.56. The predicted octanol–water partition coefficient (Wildman–Crippen LogP) is 3.02. The molecule has 0 saturated carbocycles. The molecule has 5 heteroatoms. The van der Waals surface area contributed by atoms with Crippen LogP contribution < -0.4 is 5.43 Å². The van der Waals surface area contributed by atoms with Crippen molar-refractivity contribution in [2.75, 3.05) is 0 Å². The van der Waals surface area contributed by atoms with Crippen LogP contribution in [0, 0.1) is 0 Å². The van der Waals surface area contributed by atoms with Gasteiger partial charge in [0.05, 0.1) is 5.69 Å². The van der Waals surface area contributed by atoms with Crippen LogP contribution >= 0.6 is 0 Å². The van der Waals surface area contributed by atoms with Crippen molar-refractivity contribution in [3.8, 4) is 16.9 Å². The highest BCUT2D eigenvalue weighted by molar-refractivity contribution is 5.87. The number of aryl methyl sites for hydroxylation is 1. The molecule has 0 saturated heterocycles. The maximum atomic E-state index is 12.0. The van der Waals surface area contributed by atoms with Crippen LogP contribution in [0.25, 0.3) is 16.9 Å². The number of rotatable bonds is 4. The number of carboxylic acid groups (broad SMARTS) is 1. The minimum absolute atomic E-state index is 0.209. The van der Waals surface area contributed by atoms with Crippen molar-refractivity contribution in [2.24, 2.45) is 0 Å². The van der Waals surface area contributed by atoms with Gasteiger partial charge in [0, 0.05) is 36.9 Å². The molecule has 3 rings (SSSR count). The first-order valence-corrected chi connectivity index (χ1v) is 7.31. The van der Waals surface area contributed by atoms with Gasteiger partial charge in [-0.15, -0.1) is 0 Å². The third-order valence-electron chi connectivity index (χ3n) is 3.76. The van der Waals surface area contributed by atoms with Crippen LogP contribution in [-0.4, -0.2) is 20.2 Å². The lowest BCUT2D eigenvalue weighted by molar-refractivity contribution is 0.0694. The first-order chi connectivity index (χ1) is 11.1. The molecule has 116 valence electrons. The zero-order valence-corrected chi connectivity index (χ0v) is 12.6. The fraction of sp³-hybridized carbons (Fsp3) is 0.111. The van der Waals surface area contributed by atoms with E-state index in [2.05, 4.69) is 0 Å². The second kappa shape index (κ2) is 5.96. The summed E-state index contributed by atoms with van der Waals surface area (Å²) in [5, 5.41) is 9.07. The van der Waals surface area contributed by atoms with E-state index in [-0.39, 0.29) is 5.56 Å². The van der Waals surface area contributed by atoms with Gasteiger partial charge in [-0.1, -0.05) is 12.1 Å². The summed E-state index contributed by atoms with van der Waals surface area (Å²) < 4.78 is 3.76. The average Bonchev–Trinajstić information content (AvgIpc) is 3.09. The van der Waals surface area contributed by atoms with Crippen molar-refractivity contribution in [1.29, 1.82) is 0 Å². The van der Waals surface area contributed by atoms with Gasteiger partial charge in [0.15, 0.2) is 5.43 Å². The van der Waals surface area contributed by atoms with Crippen molar-refractivity contribution in [2.45, 2.75) is 13.5 Å². The number of nitrogens with zero attached hydrogens (tertiary/aromatic N) is 2. The largest absolute Gasteiger partial charge is 0.477 e. The Kier molecular flexibility index (Phi) is 3.85. The number of aromatic nitrogens is 2. The number of benzene rings is 1. The molecule has 2 heterocycles. The van der Waals surface area contributed by atoms with E-state index in [0.717, 1.165) is 11.3 Å². The average molecular weight is 308 g/mol. The highest BCUT2D eigenvalue weighted by Crippen LogP contribution is 2.21. The Balaban J connectivity index is 2.06. The molecule has 0 aliphatic heterocycles. The number of carboxylic acids is 1. The summed E-state index contributed by atoms with van der Waals surface area (Å²) in [5.41, 5.74) is 1.91. The van der Waals surface area contributed by atoms with Gasteiger partial charge in [0.25, 0.3) is 0 Å². The summed E-state index contributed by atoms with van der Waals surface area (Å²) in [7, 11) is 0. The number of carbonyl (C=O) groups is 1. The molecule has 1 N–H and O–H groups in total. The Morgan fingerprint density at radius 1 is 1.13 bits per heavy atom. The van der Waals surface area contributed by atoms with Crippen molar-refractivity contribution in [1.82, 2.24) is 9.13 Å². The van der Waals surface area contributed by atoms with E-state index >= 15 is 0 Å². The Morgan fingerprint density at radius 2 is 1.78 bits per heavy atom. The molecule has 1 aromatic carbocycles. The predicted molar refractivity (Wildman–Crippen MR) is 88.1 cm³/mol. The quantitative estimate of drug-likeness (QED) is 0.805. The van der Waals surface area contributed by atoms with Crippen LogP contribution in [0.5, 0.6) is 0 Å². The van der Waals surface area contributed by atoms with E-state index in [0.29, 0.717) is 12.2 Å².